The van der Waals surface area contributed by atoms with Crippen molar-refractivity contribution in [3.05, 3.63) is 58.6 Å². The van der Waals surface area contributed by atoms with Crippen LogP contribution in [0.3, 0.4) is 0 Å². The first-order chi connectivity index (χ1) is 15.8. The molecule has 0 aromatic heterocycles. The molecule has 9 heteroatoms. The topological polar surface area (TPSA) is 93.7 Å². The smallest absolute Gasteiger partial charge is 0.238 e. The number of sulfonamides is 1. The van der Waals surface area contributed by atoms with Crippen LogP contribution in [-0.2, 0) is 27.7 Å². The van der Waals surface area contributed by atoms with Gasteiger partial charge in [0.1, 0.15) is 6.04 Å². The maximum atomic E-state index is 12.3. The highest BCUT2D eigenvalue weighted by molar-refractivity contribution is 7.89. The minimum absolute atomic E-state index is 0.0639. The molecular formula is C24H33ClN2O5S. The summed E-state index contributed by atoms with van der Waals surface area (Å²) in [5.74, 6) is 0.896. The van der Waals surface area contributed by atoms with Gasteiger partial charge in [-0.3, -0.25) is 4.79 Å². The van der Waals surface area contributed by atoms with E-state index in [1.807, 2.05) is 42.5 Å². The summed E-state index contributed by atoms with van der Waals surface area (Å²) in [4.78, 5) is 12.3. The Balaban J connectivity index is 1.82. The maximum absolute atomic E-state index is 12.3. The molecule has 2 aromatic carbocycles. The normalized spacial score (nSPS) is 12.2. The van der Waals surface area contributed by atoms with E-state index in [1.54, 1.807) is 14.0 Å². The van der Waals surface area contributed by atoms with Crippen molar-refractivity contribution in [1.82, 2.24) is 10.0 Å². The number of benzene rings is 2. The van der Waals surface area contributed by atoms with Crippen LogP contribution in [0.25, 0.3) is 0 Å². The van der Waals surface area contributed by atoms with Gasteiger partial charge in [-0.15, -0.1) is 0 Å². The van der Waals surface area contributed by atoms with Crippen molar-refractivity contribution in [3.8, 4) is 11.5 Å². The highest BCUT2D eigenvalue weighted by atomic mass is 35.5. The van der Waals surface area contributed by atoms with Crippen LogP contribution in [0.5, 0.6) is 11.5 Å². The number of carbonyl (C=O) groups is 1. The lowest BCUT2D eigenvalue weighted by Gasteiger charge is -2.16. The standard InChI is InChI=1S/C24H33ClN2O5S/c1-4-21(27-33(29,30)5-2)24(28)26-14-13-19-11-12-22(23(17-19)31-3)32-15-7-9-18-8-6-10-20(25)16-18/h6,8,10-12,16-17,21,27H,4-5,7,9,13-15H2,1-3H3,(H,26,28). The van der Waals surface area contributed by atoms with Gasteiger partial charge in [0.25, 0.3) is 0 Å². The van der Waals surface area contributed by atoms with Crippen molar-refractivity contribution in [2.24, 2.45) is 0 Å². The van der Waals surface area contributed by atoms with Gasteiger partial charge in [-0.1, -0.05) is 36.7 Å². The molecule has 0 saturated heterocycles. The number of aryl methyl sites for hydroxylation is 1. The molecule has 0 spiro atoms. The molecule has 0 fully saturated rings. The number of ether oxygens (including phenoxy) is 2. The average molecular weight is 497 g/mol. The number of halogens is 1. The minimum Gasteiger partial charge on any atom is -0.493 e. The number of carbonyl (C=O) groups excluding carboxylic acids is 1. The first kappa shape index (κ1) is 27.0. The van der Waals surface area contributed by atoms with Crippen LogP contribution in [-0.4, -0.2) is 46.4 Å². The van der Waals surface area contributed by atoms with Gasteiger partial charge >= 0.3 is 0 Å². The summed E-state index contributed by atoms with van der Waals surface area (Å²) in [6.45, 7) is 4.23. The molecule has 33 heavy (non-hydrogen) atoms. The predicted molar refractivity (Wildman–Crippen MR) is 132 cm³/mol. The quantitative estimate of drug-likeness (QED) is 0.389. The summed E-state index contributed by atoms with van der Waals surface area (Å²) >= 11 is 6.02. The fourth-order valence-corrected chi connectivity index (χ4v) is 4.30. The molecule has 0 aliphatic carbocycles. The van der Waals surface area contributed by atoms with Crippen molar-refractivity contribution in [2.45, 2.75) is 45.6 Å². The van der Waals surface area contributed by atoms with E-state index in [1.165, 1.54) is 12.5 Å². The fourth-order valence-electron chi connectivity index (χ4n) is 3.21. The minimum atomic E-state index is -3.44. The van der Waals surface area contributed by atoms with Crippen LogP contribution in [0.2, 0.25) is 5.02 Å². The Kier molecular flexibility index (Phi) is 11.0. The van der Waals surface area contributed by atoms with E-state index < -0.39 is 16.1 Å². The zero-order chi connectivity index (χ0) is 24.3. The Bertz CT molecular complexity index is 1010. The van der Waals surface area contributed by atoms with Crippen LogP contribution < -0.4 is 19.5 Å². The van der Waals surface area contributed by atoms with Crippen LogP contribution in [0.1, 0.15) is 37.8 Å². The number of hydrogen-bond acceptors (Lipinski definition) is 5. The summed E-state index contributed by atoms with van der Waals surface area (Å²) in [6, 6.07) is 12.7. The van der Waals surface area contributed by atoms with E-state index in [9.17, 15) is 13.2 Å². The third-order valence-electron chi connectivity index (χ3n) is 5.12. The van der Waals surface area contributed by atoms with Crippen molar-refractivity contribution in [2.75, 3.05) is 26.0 Å². The van der Waals surface area contributed by atoms with Crippen LogP contribution >= 0.6 is 11.6 Å². The molecule has 182 valence electrons. The van der Waals surface area contributed by atoms with E-state index in [2.05, 4.69) is 10.0 Å². The molecule has 0 saturated carbocycles. The summed E-state index contributed by atoms with van der Waals surface area (Å²) in [5.41, 5.74) is 2.14. The van der Waals surface area contributed by atoms with Gasteiger partial charge in [-0.2, -0.15) is 0 Å². The lowest BCUT2D eigenvalue weighted by Crippen LogP contribution is -2.47. The summed E-state index contributed by atoms with van der Waals surface area (Å²) in [5, 5.41) is 3.53. The Hall–Kier alpha value is -2.29. The zero-order valence-corrected chi connectivity index (χ0v) is 21.0. The Morgan fingerprint density at radius 2 is 1.82 bits per heavy atom. The van der Waals surface area contributed by atoms with E-state index in [-0.39, 0.29) is 11.7 Å². The summed E-state index contributed by atoms with van der Waals surface area (Å²) in [7, 11) is -1.85. The van der Waals surface area contributed by atoms with Gasteiger partial charge < -0.3 is 14.8 Å². The molecule has 1 unspecified atom stereocenters. The van der Waals surface area contributed by atoms with Crippen molar-refractivity contribution < 1.29 is 22.7 Å². The van der Waals surface area contributed by atoms with Crippen molar-refractivity contribution >= 4 is 27.5 Å². The highest BCUT2D eigenvalue weighted by Gasteiger charge is 2.21. The summed E-state index contributed by atoms with van der Waals surface area (Å²) in [6.07, 6.45) is 2.67. The number of rotatable bonds is 14. The first-order valence-corrected chi connectivity index (χ1v) is 13.1. The van der Waals surface area contributed by atoms with Gasteiger partial charge in [-0.25, -0.2) is 13.1 Å². The molecule has 7 nitrogen and oxygen atoms in total. The zero-order valence-electron chi connectivity index (χ0n) is 19.4. The lowest BCUT2D eigenvalue weighted by molar-refractivity contribution is -0.122. The van der Waals surface area contributed by atoms with Crippen LogP contribution in [0.4, 0.5) is 0 Å². The summed E-state index contributed by atoms with van der Waals surface area (Å²) < 4.78 is 37.2. The average Bonchev–Trinajstić information content (AvgIpc) is 2.80. The molecule has 0 heterocycles. The Morgan fingerprint density at radius 3 is 2.48 bits per heavy atom. The van der Waals surface area contributed by atoms with E-state index in [0.717, 1.165) is 23.4 Å². The molecule has 1 atom stereocenters. The van der Waals surface area contributed by atoms with Gasteiger partial charge in [0.2, 0.25) is 15.9 Å². The SMILES string of the molecule is CCC(NS(=O)(=O)CC)C(=O)NCCc1ccc(OCCCc2cccc(Cl)c2)c(OC)c1. The van der Waals surface area contributed by atoms with Gasteiger partial charge in [0.15, 0.2) is 11.5 Å². The predicted octanol–water partition coefficient (Wildman–Crippen LogP) is 3.74. The molecule has 0 radical (unpaired) electrons. The number of amides is 1. The second-order valence-electron chi connectivity index (χ2n) is 7.59. The second-order valence-corrected chi connectivity index (χ2v) is 10.1. The van der Waals surface area contributed by atoms with Crippen molar-refractivity contribution in [1.29, 1.82) is 0 Å². The number of methoxy groups -OCH3 is 1. The molecule has 0 aliphatic rings. The molecule has 2 rings (SSSR count). The van der Waals surface area contributed by atoms with E-state index >= 15 is 0 Å². The molecule has 1 amide bonds. The Morgan fingerprint density at radius 1 is 1.06 bits per heavy atom. The highest BCUT2D eigenvalue weighted by Crippen LogP contribution is 2.28. The molecule has 2 N–H and O–H groups in total. The number of nitrogens with one attached hydrogen (secondary N) is 2. The molecule has 2 aromatic rings. The number of hydrogen-bond donors (Lipinski definition) is 2. The van der Waals surface area contributed by atoms with E-state index in [0.29, 0.717) is 37.5 Å². The van der Waals surface area contributed by atoms with Gasteiger partial charge in [0, 0.05) is 11.6 Å². The lowest BCUT2D eigenvalue weighted by atomic mass is 10.1. The molecule has 0 aliphatic heterocycles. The third kappa shape index (κ3) is 9.23. The largest absolute Gasteiger partial charge is 0.493 e. The van der Waals surface area contributed by atoms with Crippen molar-refractivity contribution in [3.63, 3.8) is 0 Å². The van der Waals surface area contributed by atoms with Gasteiger partial charge in [-0.05, 0) is 68.0 Å². The molecule has 0 bridgehead atoms. The monoisotopic (exact) mass is 496 g/mol. The van der Waals surface area contributed by atoms with Gasteiger partial charge in [0.05, 0.1) is 19.5 Å². The van der Waals surface area contributed by atoms with Crippen LogP contribution in [0, 0.1) is 0 Å². The molecular weight excluding hydrogens is 464 g/mol. The third-order valence-corrected chi connectivity index (χ3v) is 6.76. The Labute approximate surface area is 201 Å². The second kappa shape index (κ2) is 13.4. The maximum Gasteiger partial charge on any atom is 0.238 e. The van der Waals surface area contributed by atoms with E-state index in [4.69, 9.17) is 21.1 Å². The van der Waals surface area contributed by atoms with Crippen LogP contribution in [0.15, 0.2) is 42.5 Å². The first-order valence-electron chi connectivity index (χ1n) is 11.1. The fraction of sp³-hybridized carbons (Fsp3) is 0.458.